The molecule has 6 heteroatoms. The summed E-state index contributed by atoms with van der Waals surface area (Å²) in [5, 5.41) is 2.75. The Bertz CT molecular complexity index is 611. The summed E-state index contributed by atoms with van der Waals surface area (Å²) in [7, 11) is 0. The highest BCUT2D eigenvalue weighted by atomic mass is 35.5. The van der Waals surface area contributed by atoms with Crippen LogP contribution >= 0.6 is 34.5 Å². The van der Waals surface area contributed by atoms with E-state index in [0.29, 0.717) is 20.6 Å². The molecule has 2 N–H and O–H groups in total. The van der Waals surface area contributed by atoms with Gasteiger partial charge in [-0.25, -0.2) is 0 Å². The Kier molecular flexibility index (Phi) is 4.47. The van der Waals surface area contributed by atoms with Crippen LogP contribution in [0.2, 0.25) is 10.0 Å². The number of hydrogen-bond donors (Lipinski definition) is 2. The molecule has 0 saturated heterocycles. The lowest BCUT2D eigenvalue weighted by atomic mass is 10.2. The van der Waals surface area contributed by atoms with Crippen LogP contribution in [0.4, 0.5) is 0 Å². The lowest BCUT2D eigenvalue weighted by Gasteiger charge is -2.11. The summed E-state index contributed by atoms with van der Waals surface area (Å²) >= 11 is 13.1. The van der Waals surface area contributed by atoms with Gasteiger partial charge in [0.25, 0.3) is 5.91 Å². The molecular formula is C13H10Cl2N2OS. The van der Waals surface area contributed by atoms with Gasteiger partial charge in [-0.2, -0.15) is 0 Å². The van der Waals surface area contributed by atoms with E-state index in [1.54, 1.807) is 24.3 Å². The van der Waals surface area contributed by atoms with Crippen LogP contribution in [0.15, 0.2) is 42.3 Å². The summed E-state index contributed by atoms with van der Waals surface area (Å²) in [6.07, 6.45) is 0. The highest BCUT2D eigenvalue weighted by molar-refractivity contribution is 7.12. The van der Waals surface area contributed by atoms with Crippen LogP contribution in [0.3, 0.4) is 0 Å². The molecule has 0 aliphatic heterocycles. The van der Waals surface area contributed by atoms with Gasteiger partial charge in [-0.05, 0) is 23.6 Å². The highest BCUT2D eigenvalue weighted by Crippen LogP contribution is 2.24. The van der Waals surface area contributed by atoms with E-state index in [0.717, 1.165) is 5.56 Å². The first-order chi connectivity index (χ1) is 9.08. The number of halogens is 2. The molecule has 0 fully saturated rings. The van der Waals surface area contributed by atoms with Crippen LogP contribution in [0.25, 0.3) is 5.70 Å². The Morgan fingerprint density at radius 3 is 2.58 bits per heavy atom. The fraction of sp³-hybridized carbons (Fsp3) is 0. The van der Waals surface area contributed by atoms with E-state index in [2.05, 4.69) is 17.4 Å². The Morgan fingerprint density at radius 2 is 1.95 bits per heavy atom. The zero-order chi connectivity index (χ0) is 13.8. The summed E-state index contributed by atoms with van der Waals surface area (Å²) in [4.78, 5) is 12.3. The molecule has 0 bridgehead atoms. The maximum atomic E-state index is 11.7. The van der Waals surface area contributed by atoms with Crippen molar-refractivity contribution in [3.8, 4) is 0 Å². The Labute approximate surface area is 124 Å². The molecule has 0 aliphatic carbocycles. The van der Waals surface area contributed by atoms with Gasteiger partial charge in [-0.1, -0.05) is 41.9 Å². The average Bonchev–Trinajstić information content (AvgIpc) is 2.92. The fourth-order valence-electron chi connectivity index (χ4n) is 1.36. The van der Waals surface area contributed by atoms with Crippen molar-refractivity contribution in [1.29, 1.82) is 0 Å². The normalized spacial score (nSPS) is 10.0. The summed E-state index contributed by atoms with van der Waals surface area (Å²) in [5.74, 6) is -0.212. The van der Waals surface area contributed by atoms with Gasteiger partial charge in [-0.3, -0.25) is 15.6 Å². The molecule has 2 rings (SSSR count). The van der Waals surface area contributed by atoms with Gasteiger partial charge in [0, 0.05) is 5.56 Å². The molecule has 1 amide bonds. The maximum Gasteiger partial charge on any atom is 0.279 e. The molecule has 0 unspecified atom stereocenters. The Morgan fingerprint density at radius 1 is 1.16 bits per heavy atom. The van der Waals surface area contributed by atoms with E-state index >= 15 is 0 Å². The number of benzene rings is 1. The lowest BCUT2D eigenvalue weighted by molar-refractivity contribution is 0.0946. The number of nitrogens with one attached hydrogen (secondary N) is 2. The highest BCUT2D eigenvalue weighted by Gasteiger charge is 2.07. The quantitative estimate of drug-likeness (QED) is 0.839. The second-order valence-corrected chi connectivity index (χ2v) is 5.43. The minimum absolute atomic E-state index is 0.212. The zero-order valence-corrected chi connectivity index (χ0v) is 12.1. The van der Waals surface area contributed by atoms with Gasteiger partial charge < -0.3 is 0 Å². The number of rotatable bonds is 4. The average molecular weight is 313 g/mol. The van der Waals surface area contributed by atoms with E-state index in [9.17, 15) is 4.79 Å². The number of hydrazine groups is 1. The molecule has 0 aliphatic rings. The van der Waals surface area contributed by atoms with Crippen LogP contribution < -0.4 is 10.9 Å². The summed E-state index contributed by atoms with van der Waals surface area (Å²) in [5.41, 5.74) is 6.59. The van der Waals surface area contributed by atoms with E-state index in [1.165, 1.54) is 11.3 Å². The molecule has 0 spiro atoms. The molecule has 19 heavy (non-hydrogen) atoms. The van der Waals surface area contributed by atoms with Crippen molar-refractivity contribution in [2.75, 3.05) is 0 Å². The van der Waals surface area contributed by atoms with Crippen molar-refractivity contribution in [2.45, 2.75) is 0 Å². The Hall–Kier alpha value is -1.49. The summed E-state index contributed by atoms with van der Waals surface area (Å²) in [6, 6.07) is 8.67. The predicted octanol–water partition coefficient (Wildman–Crippen LogP) is 3.96. The predicted molar refractivity (Wildman–Crippen MR) is 80.4 cm³/mol. The van der Waals surface area contributed by atoms with Crippen molar-refractivity contribution >= 4 is 46.1 Å². The first kappa shape index (κ1) is 13.9. The molecular weight excluding hydrogens is 303 g/mol. The molecule has 0 radical (unpaired) electrons. The zero-order valence-electron chi connectivity index (χ0n) is 9.74. The summed E-state index contributed by atoms with van der Waals surface area (Å²) < 4.78 is 0. The maximum absolute atomic E-state index is 11.7. The molecule has 1 aromatic heterocycles. The third-order valence-electron chi connectivity index (χ3n) is 2.34. The molecule has 0 saturated carbocycles. The molecule has 0 atom stereocenters. The largest absolute Gasteiger partial charge is 0.298 e. The lowest BCUT2D eigenvalue weighted by Crippen LogP contribution is -2.35. The molecule has 98 valence electrons. The number of carbonyl (C=O) groups excluding carboxylic acids is 1. The van der Waals surface area contributed by atoms with Crippen LogP contribution in [0.5, 0.6) is 0 Å². The van der Waals surface area contributed by atoms with Crippen molar-refractivity contribution in [3.05, 3.63) is 62.8 Å². The smallest absolute Gasteiger partial charge is 0.279 e. The first-order valence-electron chi connectivity index (χ1n) is 5.32. The van der Waals surface area contributed by atoms with Crippen LogP contribution in [0.1, 0.15) is 15.2 Å². The molecule has 1 heterocycles. The van der Waals surface area contributed by atoms with Gasteiger partial charge in [0.05, 0.1) is 20.6 Å². The van der Waals surface area contributed by atoms with Crippen molar-refractivity contribution in [3.63, 3.8) is 0 Å². The van der Waals surface area contributed by atoms with Gasteiger partial charge in [0.1, 0.15) is 0 Å². The topological polar surface area (TPSA) is 41.1 Å². The van der Waals surface area contributed by atoms with Crippen LogP contribution in [-0.4, -0.2) is 5.91 Å². The Balaban J connectivity index is 1.98. The number of hydrogen-bond acceptors (Lipinski definition) is 3. The molecule has 1 aromatic carbocycles. The minimum atomic E-state index is -0.212. The van der Waals surface area contributed by atoms with E-state index in [-0.39, 0.29) is 5.91 Å². The van der Waals surface area contributed by atoms with E-state index in [1.807, 2.05) is 11.4 Å². The minimum Gasteiger partial charge on any atom is -0.298 e. The van der Waals surface area contributed by atoms with E-state index < -0.39 is 0 Å². The third kappa shape index (κ3) is 3.50. The SMILES string of the molecule is C=C(NNC(=O)c1cccs1)c1ccc(Cl)c(Cl)c1. The molecule has 3 nitrogen and oxygen atoms in total. The van der Waals surface area contributed by atoms with Gasteiger partial charge >= 0.3 is 0 Å². The second kappa shape index (κ2) is 6.10. The van der Waals surface area contributed by atoms with Gasteiger partial charge in [-0.15, -0.1) is 11.3 Å². The monoisotopic (exact) mass is 312 g/mol. The van der Waals surface area contributed by atoms with Gasteiger partial charge in [0.15, 0.2) is 0 Å². The fourth-order valence-corrected chi connectivity index (χ4v) is 2.27. The third-order valence-corrected chi connectivity index (χ3v) is 3.95. The van der Waals surface area contributed by atoms with Crippen molar-refractivity contribution in [1.82, 2.24) is 10.9 Å². The number of amides is 1. The number of thiophene rings is 1. The second-order valence-electron chi connectivity index (χ2n) is 3.66. The van der Waals surface area contributed by atoms with E-state index in [4.69, 9.17) is 23.2 Å². The first-order valence-corrected chi connectivity index (χ1v) is 6.95. The van der Waals surface area contributed by atoms with Gasteiger partial charge in [0.2, 0.25) is 0 Å². The standard InChI is InChI=1S/C13H10Cl2N2OS/c1-8(9-4-5-10(14)11(15)7-9)16-17-13(18)12-3-2-6-19-12/h2-7,16H,1H2,(H,17,18). The van der Waals surface area contributed by atoms with Crippen molar-refractivity contribution in [2.24, 2.45) is 0 Å². The van der Waals surface area contributed by atoms with Crippen LogP contribution in [0, 0.1) is 0 Å². The molecule has 2 aromatic rings. The number of carbonyl (C=O) groups is 1. The summed E-state index contributed by atoms with van der Waals surface area (Å²) in [6.45, 7) is 3.82. The van der Waals surface area contributed by atoms with Crippen molar-refractivity contribution < 1.29 is 4.79 Å². The van der Waals surface area contributed by atoms with Crippen LogP contribution in [-0.2, 0) is 0 Å².